The first-order chi connectivity index (χ1) is 13.3. The van der Waals surface area contributed by atoms with E-state index < -0.39 is 0 Å². The van der Waals surface area contributed by atoms with Crippen LogP contribution in [0.1, 0.15) is 6.92 Å². The molecule has 0 saturated carbocycles. The van der Waals surface area contributed by atoms with E-state index in [9.17, 15) is 4.79 Å². The summed E-state index contributed by atoms with van der Waals surface area (Å²) in [5.74, 6) is 2.68. The van der Waals surface area contributed by atoms with E-state index in [1.807, 2.05) is 34.6 Å². The number of carbonyl (C=O) groups excluding carboxylic acids is 1. The molecule has 144 valence electrons. The lowest BCUT2D eigenvalue weighted by atomic mass is 10.2. The van der Waals surface area contributed by atoms with Crippen molar-refractivity contribution in [1.82, 2.24) is 19.7 Å². The molecule has 1 fully saturated rings. The Morgan fingerprint density at radius 1 is 1.11 bits per heavy atom. The minimum absolute atomic E-state index is 0.106. The fraction of sp³-hybridized carbons (Fsp3) is 0.500. The molecule has 0 bridgehead atoms. The Hall–Kier alpha value is -2.26. The minimum atomic E-state index is 0.106. The third-order valence-corrected chi connectivity index (χ3v) is 5.47. The summed E-state index contributed by atoms with van der Waals surface area (Å²) in [6.07, 6.45) is 0. The second kappa shape index (κ2) is 8.18. The Labute approximate surface area is 161 Å². The monoisotopic (exact) mass is 390 g/mol. The van der Waals surface area contributed by atoms with Gasteiger partial charge >= 0.3 is 0 Å². The van der Waals surface area contributed by atoms with E-state index in [1.165, 1.54) is 11.8 Å². The molecule has 0 aliphatic carbocycles. The van der Waals surface area contributed by atoms with E-state index in [4.69, 9.17) is 14.2 Å². The van der Waals surface area contributed by atoms with E-state index in [1.54, 1.807) is 0 Å². The molecule has 0 radical (unpaired) electrons. The first-order valence-corrected chi connectivity index (χ1v) is 10.1. The fourth-order valence-corrected chi connectivity index (χ4v) is 4.01. The quantitative estimate of drug-likeness (QED) is 0.719. The van der Waals surface area contributed by atoms with Gasteiger partial charge in [0.1, 0.15) is 13.2 Å². The summed E-state index contributed by atoms with van der Waals surface area (Å²) >= 11 is 1.42. The number of benzene rings is 1. The molecule has 9 heteroatoms. The van der Waals surface area contributed by atoms with Gasteiger partial charge in [-0.2, -0.15) is 0 Å². The van der Waals surface area contributed by atoms with Crippen molar-refractivity contribution in [3.8, 4) is 22.9 Å². The molecule has 27 heavy (non-hydrogen) atoms. The molecule has 2 aliphatic rings. The Morgan fingerprint density at radius 2 is 1.89 bits per heavy atom. The maximum atomic E-state index is 12.4. The Bertz CT molecular complexity index is 820. The van der Waals surface area contributed by atoms with Gasteiger partial charge in [-0.15, -0.1) is 10.2 Å². The van der Waals surface area contributed by atoms with Crippen LogP contribution in [0.2, 0.25) is 0 Å². The Kier molecular flexibility index (Phi) is 5.49. The summed E-state index contributed by atoms with van der Waals surface area (Å²) in [6, 6.07) is 5.78. The van der Waals surface area contributed by atoms with Crippen LogP contribution in [0.25, 0.3) is 11.4 Å². The summed E-state index contributed by atoms with van der Waals surface area (Å²) in [6.45, 7) is 6.39. The largest absolute Gasteiger partial charge is 0.486 e. The first-order valence-electron chi connectivity index (χ1n) is 9.08. The maximum absolute atomic E-state index is 12.4. The number of rotatable bonds is 5. The van der Waals surface area contributed by atoms with Crippen LogP contribution in [-0.4, -0.2) is 70.8 Å². The number of ether oxygens (including phenoxy) is 3. The van der Waals surface area contributed by atoms with Gasteiger partial charge in [0.05, 0.1) is 19.0 Å². The standard InChI is InChI=1S/C18H22N4O4S/c1-2-22-17(13-3-4-14-15(11-13)26-10-9-25-14)19-20-18(22)27-12-16(23)21-5-7-24-8-6-21/h3-4,11H,2,5-10,12H2,1H3. The van der Waals surface area contributed by atoms with Crippen molar-refractivity contribution >= 4 is 17.7 Å². The van der Waals surface area contributed by atoms with Crippen molar-refractivity contribution in [3.05, 3.63) is 18.2 Å². The second-order valence-corrected chi connectivity index (χ2v) is 7.13. The number of fused-ring (bicyclic) bond motifs is 1. The molecule has 8 nitrogen and oxygen atoms in total. The summed E-state index contributed by atoms with van der Waals surface area (Å²) in [5.41, 5.74) is 0.917. The number of aromatic nitrogens is 3. The predicted octanol–water partition coefficient (Wildman–Crippen LogP) is 1.69. The van der Waals surface area contributed by atoms with Gasteiger partial charge in [0, 0.05) is 25.2 Å². The lowest BCUT2D eigenvalue weighted by molar-refractivity contribution is -0.132. The van der Waals surface area contributed by atoms with Crippen LogP contribution < -0.4 is 9.47 Å². The van der Waals surface area contributed by atoms with Crippen LogP contribution >= 0.6 is 11.8 Å². The molecule has 2 aromatic rings. The van der Waals surface area contributed by atoms with Gasteiger partial charge in [-0.05, 0) is 25.1 Å². The fourth-order valence-electron chi connectivity index (χ4n) is 3.11. The van der Waals surface area contributed by atoms with E-state index >= 15 is 0 Å². The average molecular weight is 390 g/mol. The van der Waals surface area contributed by atoms with Gasteiger partial charge in [0.2, 0.25) is 5.91 Å². The summed E-state index contributed by atoms with van der Waals surface area (Å²) in [4.78, 5) is 14.2. The number of hydrogen-bond donors (Lipinski definition) is 0. The van der Waals surface area contributed by atoms with Crippen LogP contribution in [0.15, 0.2) is 23.4 Å². The number of thioether (sulfide) groups is 1. The lowest BCUT2D eigenvalue weighted by Gasteiger charge is -2.26. The maximum Gasteiger partial charge on any atom is 0.233 e. The topological polar surface area (TPSA) is 78.7 Å². The molecule has 3 heterocycles. The van der Waals surface area contributed by atoms with Gasteiger partial charge in [0.25, 0.3) is 0 Å². The second-order valence-electron chi connectivity index (χ2n) is 6.19. The van der Waals surface area contributed by atoms with Crippen LogP contribution in [-0.2, 0) is 16.1 Å². The molecular weight excluding hydrogens is 368 g/mol. The van der Waals surface area contributed by atoms with Crippen LogP contribution in [0, 0.1) is 0 Å². The van der Waals surface area contributed by atoms with Gasteiger partial charge in [-0.25, -0.2) is 0 Å². The highest BCUT2D eigenvalue weighted by Crippen LogP contribution is 2.34. The van der Waals surface area contributed by atoms with Crippen molar-refractivity contribution in [2.24, 2.45) is 0 Å². The molecule has 4 rings (SSSR count). The highest BCUT2D eigenvalue weighted by molar-refractivity contribution is 7.99. The number of carbonyl (C=O) groups is 1. The first kappa shape index (κ1) is 18.1. The highest BCUT2D eigenvalue weighted by atomic mass is 32.2. The smallest absolute Gasteiger partial charge is 0.233 e. The van der Waals surface area contributed by atoms with Crippen molar-refractivity contribution in [2.75, 3.05) is 45.3 Å². The van der Waals surface area contributed by atoms with Crippen LogP contribution in [0.3, 0.4) is 0 Å². The van der Waals surface area contributed by atoms with E-state index in [2.05, 4.69) is 10.2 Å². The molecule has 1 aromatic carbocycles. The SMILES string of the molecule is CCn1c(SCC(=O)N2CCOCC2)nnc1-c1ccc2c(c1)OCCO2. The van der Waals surface area contributed by atoms with Crippen molar-refractivity contribution < 1.29 is 19.0 Å². The number of amides is 1. The number of morpholine rings is 1. The summed E-state index contributed by atoms with van der Waals surface area (Å²) in [5, 5.41) is 9.39. The molecule has 1 aromatic heterocycles. The average Bonchev–Trinajstić information content (AvgIpc) is 3.15. The van der Waals surface area contributed by atoms with E-state index in [-0.39, 0.29) is 5.91 Å². The van der Waals surface area contributed by atoms with Gasteiger partial charge < -0.3 is 23.7 Å². The molecule has 1 saturated heterocycles. The predicted molar refractivity (Wildman–Crippen MR) is 100 cm³/mol. The van der Waals surface area contributed by atoms with E-state index in [0.717, 1.165) is 28.0 Å². The minimum Gasteiger partial charge on any atom is -0.486 e. The molecule has 0 atom stereocenters. The van der Waals surface area contributed by atoms with Crippen molar-refractivity contribution in [3.63, 3.8) is 0 Å². The van der Waals surface area contributed by atoms with Crippen molar-refractivity contribution in [2.45, 2.75) is 18.6 Å². The molecular formula is C18H22N4O4S. The van der Waals surface area contributed by atoms with Gasteiger partial charge in [-0.1, -0.05) is 11.8 Å². The summed E-state index contributed by atoms with van der Waals surface area (Å²) < 4.78 is 18.6. The zero-order chi connectivity index (χ0) is 18.6. The third kappa shape index (κ3) is 3.89. The van der Waals surface area contributed by atoms with Gasteiger partial charge in [0.15, 0.2) is 22.5 Å². The van der Waals surface area contributed by atoms with Crippen molar-refractivity contribution in [1.29, 1.82) is 0 Å². The zero-order valence-electron chi connectivity index (χ0n) is 15.2. The van der Waals surface area contributed by atoms with Crippen LogP contribution in [0.5, 0.6) is 11.5 Å². The molecule has 0 N–H and O–H groups in total. The number of hydrogen-bond acceptors (Lipinski definition) is 7. The highest BCUT2D eigenvalue weighted by Gasteiger charge is 2.20. The van der Waals surface area contributed by atoms with Gasteiger partial charge in [-0.3, -0.25) is 4.79 Å². The van der Waals surface area contributed by atoms with E-state index in [0.29, 0.717) is 51.8 Å². The molecule has 0 unspecified atom stereocenters. The van der Waals surface area contributed by atoms with Crippen LogP contribution in [0.4, 0.5) is 0 Å². The Morgan fingerprint density at radius 3 is 2.67 bits per heavy atom. The number of nitrogens with zero attached hydrogens (tertiary/aromatic N) is 4. The molecule has 0 spiro atoms. The molecule has 2 aliphatic heterocycles. The summed E-state index contributed by atoms with van der Waals surface area (Å²) in [7, 11) is 0. The lowest BCUT2D eigenvalue weighted by Crippen LogP contribution is -2.41. The zero-order valence-corrected chi connectivity index (χ0v) is 16.0. The normalized spacial score (nSPS) is 16.4. The third-order valence-electron chi connectivity index (χ3n) is 4.52. The molecule has 1 amide bonds. The Balaban J connectivity index is 1.49.